The maximum absolute atomic E-state index is 11.7. The molecule has 0 aromatic heterocycles. The molecule has 2 heterocycles. The number of hydrogen-bond acceptors (Lipinski definition) is 3. The molecule has 0 radical (unpaired) electrons. The van der Waals surface area contributed by atoms with Gasteiger partial charge in [0.1, 0.15) is 0 Å². The molecule has 14 heavy (non-hydrogen) atoms. The molecule has 3 atom stereocenters. The van der Waals surface area contributed by atoms with Crippen molar-refractivity contribution in [1.29, 1.82) is 0 Å². The molecule has 0 amide bonds. The summed E-state index contributed by atoms with van der Waals surface area (Å²) in [7, 11) is 0. The van der Waals surface area contributed by atoms with E-state index in [1.165, 1.54) is 0 Å². The summed E-state index contributed by atoms with van der Waals surface area (Å²) in [5.41, 5.74) is -0.296. The quantitative estimate of drug-likeness (QED) is 0.636. The van der Waals surface area contributed by atoms with Gasteiger partial charge in [-0.2, -0.15) is 0 Å². The van der Waals surface area contributed by atoms with Crippen LogP contribution in [-0.2, 0) is 14.3 Å². The van der Waals surface area contributed by atoms with Crippen molar-refractivity contribution >= 4 is 5.97 Å². The highest BCUT2D eigenvalue weighted by Gasteiger charge is 2.56. The van der Waals surface area contributed by atoms with Gasteiger partial charge in [0.15, 0.2) is 0 Å². The Hall–Kier alpha value is -0.570. The lowest BCUT2D eigenvalue weighted by molar-refractivity contribution is -0.148. The smallest absolute Gasteiger partial charge is 0.314 e. The third-order valence-corrected chi connectivity index (χ3v) is 3.58. The van der Waals surface area contributed by atoms with E-state index in [-0.39, 0.29) is 23.6 Å². The maximum atomic E-state index is 11.7. The van der Waals surface area contributed by atoms with Crippen LogP contribution in [0.4, 0.5) is 0 Å². The number of rotatable bonds is 2. The van der Waals surface area contributed by atoms with Crippen LogP contribution < -0.4 is 0 Å². The van der Waals surface area contributed by atoms with E-state index in [1.807, 2.05) is 0 Å². The van der Waals surface area contributed by atoms with Crippen LogP contribution in [-0.4, -0.2) is 24.8 Å². The lowest BCUT2D eigenvalue weighted by atomic mass is 9.77. The van der Waals surface area contributed by atoms with Gasteiger partial charge in [0, 0.05) is 6.42 Å². The molecule has 3 heteroatoms. The molecule has 2 saturated heterocycles. The van der Waals surface area contributed by atoms with Crippen LogP contribution in [0.3, 0.4) is 0 Å². The average Bonchev–Trinajstić information content (AvgIpc) is 2.73. The molecule has 1 spiro atoms. The maximum Gasteiger partial charge on any atom is 0.314 e. The fraction of sp³-hybridized carbons (Fsp3) is 0.909. The van der Waals surface area contributed by atoms with Gasteiger partial charge in [-0.1, -0.05) is 13.8 Å². The molecule has 2 aliphatic heterocycles. The molecule has 0 aromatic rings. The molecular formula is C11H18O3. The van der Waals surface area contributed by atoms with E-state index in [0.29, 0.717) is 6.61 Å². The second-order valence-corrected chi connectivity index (χ2v) is 4.31. The van der Waals surface area contributed by atoms with E-state index in [9.17, 15) is 4.79 Å². The van der Waals surface area contributed by atoms with Crippen LogP contribution in [0.15, 0.2) is 0 Å². The number of esters is 1. The Morgan fingerprint density at radius 3 is 2.71 bits per heavy atom. The Morgan fingerprint density at radius 2 is 2.21 bits per heavy atom. The van der Waals surface area contributed by atoms with E-state index in [1.54, 1.807) is 0 Å². The molecule has 0 aromatic carbocycles. The SMILES string of the molecule is CCC1CC2(CCOC2=O)C(CC)O1. The van der Waals surface area contributed by atoms with Crippen LogP contribution in [0.1, 0.15) is 39.5 Å². The van der Waals surface area contributed by atoms with E-state index in [0.717, 1.165) is 25.7 Å². The number of carbonyl (C=O) groups excluding carboxylic acids is 1. The minimum Gasteiger partial charge on any atom is -0.465 e. The van der Waals surface area contributed by atoms with Gasteiger partial charge in [-0.25, -0.2) is 0 Å². The predicted octanol–water partition coefficient (Wildman–Crippen LogP) is 1.90. The molecule has 0 N–H and O–H groups in total. The topological polar surface area (TPSA) is 35.5 Å². The van der Waals surface area contributed by atoms with Crippen LogP contribution >= 0.6 is 0 Å². The van der Waals surface area contributed by atoms with Crippen molar-refractivity contribution < 1.29 is 14.3 Å². The minimum atomic E-state index is -0.296. The molecular weight excluding hydrogens is 180 g/mol. The third kappa shape index (κ3) is 1.26. The van der Waals surface area contributed by atoms with Crippen molar-refractivity contribution in [2.45, 2.75) is 51.7 Å². The molecule has 3 nitrogen and oxygen atoms in total. The molecule has 2 aliphatic rings. The third-order valence-electron chi connectivity index (χ3n) is 3.58. The van der Waals surface area contributed by atoms with Crippen LogP contribution in [0, 0.1) is 5.41 Å². The summed E-state index contributed by atoms with van der Waals surface area (Å²) in [6, 6.07) is 0. The number of carbonyl (C=O) groups is 1. The van der Waals surface area contributed by atoms with Crippen LogP contribution in [0.2, 0.25) is 0 Å². The summed E-state index contributed by atoms with van der Waals surface area (Å²) in [6.45, 7) is 4.77. The van der Waals surface area contributed by atoms with Crippen molar-refractivity contribution in [2.24, 2.45) is 5.41 Å². The zero-order valence-corrected chi connectivity index (χ0v) is 8.91. The molecule has 2 rings (SSSR count). The summed E-state index contributed by atoms with van der Waals surface area (Å²) >= 11 is 0. The first kappa shape index (κ1) is 9.97. The first-order chi connectivity index (χ1) is 6.73. The second kappa shape index (κ2) is 3.54. The average molecular weight is 198 g/mol. The highest BCUT2D eigenvalue weighted by Crippen LogP contribution is 2.47. The summed E-state index contributed by atoms with van der Waals surface area (Å²) in [5, 5.41) is 0. The normalized spacial score (nSPS) is 42.0. The second-order valence-electron chi connectivity index (χ2n) is 4.31. The summed E-state index contributed by atoms with van der Waals surface area (Å²) in [6.07, 6.45) is 3.95. The van der Waals surface area contributed by atoms with Crippen LogP contribution in [0.5, 0.6) is 0 Å². The first-order valence-electron chi connectivity index (χ1n) is 5.55. The van der Waals surface area contributed by atoms with Gasteiger partial charge >= 0.3 is 5.97 Å². The van der Waals surface area contributed by atoms with Gasteiger partial charge in [0.25, 0.3) is 0 Å². The largest absolute Gasteiger partial charge is 0.465 e. The Morgan fingerprint density at radius 1 is 1.43 bits per heavy atom. The van der Waals surface area contributed by atoms with E-state index in [4.69, 9.17) is 9.47 Å². The minimum absolute atomic E-state index is 0.0275. The number of hydrogen-bond donors (Lipinski definition) is 0. The van der Waals surface area contributed by atoms with Gasteiger partial charge in [-0.05, 0) is 19.3 Å². The van der Waals surface area contributed by atoms with E-state index >= 15 is 0 Å². The van der Waals surface area contributed by atoms with Gasteiger partial charge in [0.2, 0.25) is 0 Å². The van der Waals surface area contributed by atoms with Crippen molar-refractivity contribution in [2.75, 3.05) is 6.61 Å². The Labute approximate surface area is 84.8 Å². The fourth-order valence-electron chi connectivity index (χ4n) is 2.73. The highest BCUT2D eigenvalue weighted by molar-refractivity contribution is 5.79. The fourth-order valence-corrected chi connectivity index (χ4v) is 2.73. The van der Waals surface area contributed by atoms with Gasteiger partial charge in [-0.3, -0.25) is 4.79 Å². The van der Waals surface area contributed by atoms with E-state index in [2.05, 4.69) is 13.8 Å². The van der Waals surface area contributed by atoms with Gasteiger partial charge < -0.3 is 9.47 Å². The van der Waals surface area contributed by atoms with E-state index < -0.39 is 0 Å². The Kier molecular flexibility index (Phi) is 2.52. The molecule has 80 valence electrons. The first-order valence-corrected chi connectivity index (χ1v) is 5.55. The lowest BCUT2D eigenvalue weighted by Gasteiger charge is -2.23. The van der Waals surface area contributed by atoms with Crippen molar-refractivity contribution in [3.05, 3.63) is 0 Å². The van der Waals surface area contributed by atoms with Crippen LogP contribution in [0.25, 0.3) is 0 Å². The molecule has 2 fully saturated rings. The van der Waals surface area contributed by atoms with Crippen molar-refractivity contribution in [3.63, 3.8) is 0 Å². The monoisotopic (exact) mass is 198 g/mol. The van der Waals surface area contributed by atoms with Gasteiger partial charge in [-0.15, -0.1) is 0 Å². The zero-order valence-electron chi connectivity index (χ0n) is 8.91. The Balaban J connectivity index is 2.20. The highest BCUT2D eigenvalue weighted by atomic mass is 16.6. The zero-order chi connectivity index (χ0) is 10.2. The lowest BCUT2D eigenvalue weighted by Crippen LogP contribution is -2.34. The Bertz CT molecular complexity index is 239. The molecule has 3 unspecified atom stereocenters. The summed E-state index contributed by atoms with van der Waals surface area (Å²) in [5.74, 6) is -0.0275. The summed E-state index contributed by atoms with van der Waals surface area (Å²) < 4.78 is 11.0. The number of cyclic esters (lactones) is 1. The molecule has 0 aliphatic carbocycles. The van der Waals surface area contributed by atoms with Crippen molar-refractivity contribution in [1.82, 2.24) is 0 Å². The molecule has 0 saturated carbocycles. The predicted molar refractivity (Wildman–Crippen MR) is 51.9 cm³/mol. The molecule has 0 bridgehead atoms. The standard InChI is InChI=1S/C11H18O3/c1-3-8-7-11(9(4-2)14-8)5-6-13-10(11)12/h8-9H,3-7H2,1-2H3. The number of ether oxygens (including phenoxy) is 2. The van der Waals surface area contributed by atoms with Gasteiger partial charge in [0.05, 0.1) is 24.2 Å². The van der Waals surface area contributed by atoms with Crippen molar-refractivity contribution in [3.8, 4) is 0 Å². The summed E-state index contributed by atoms with van der Waals surface area (Å²) in [4.78, 5) is 11.7.